The van der Waals surface area contributed by atoms with E-state index in [9.17, 15) is 4.79 Å². The van der Waals surface area contributed by atoms with E-state index in [0.717, 1.165) is 36.9 Å². The molecule has 0 aliphatic carbocycles. The van der Waals surface area contributed by atoms with Crippen LogP contribution in [0.4, 0.5) is 0 Å². The largest absolute Gasteiger partial charge is 0.330 e. The van der Waals surface area contributed by atoms with Crippen molar-refractivity contribution in [2.24, 2.45) is 18.7 Å². The zero-order valence-corrected chi connectivity index (χ0v) is 13.5. The van der Waals surface area contributed by atoms with Crippen LogP contribution >= 0.6 is 11.6 Å². The van der Waals surface area contributed by atoms with Crippen LogP contribution in [0.15, 0.2) is 0 Å². The molecule has 0 saturated carbocycles. The summed E-state index contributed by atoms with van der Waals surface area (Å²) in [5.41, 5.74) is 7.33. The van der Waals surface area contributed by atoms with E-state index in [1.54, 1.807) is 11.7 Å². The summed E-state index contributed by atoms with van der Waals surface area (Å²) in [6.07, 6.45) is 5.23. The van der Waals surface area contributed by atoms with Gasteiger partial charge in [0, 0.05) is 25.5 Å². The molecule has 0 bridgehead atoms. The van der Waals surface area contributed by atoms with Crippen molar-refractivity contribution in [2.45, 2.75) is 52.4 Å². The maximum Gasteiger partial charge on any atom is 0.137 e. The Balaban J connectivity index is 2.50. The molecule has 1 atom stereocenters. The lowest BCUT2D eigenvalue weighted by molar-refractivity contribution is -0.118. The topological polar surface area (TPSA) is 60.9 Å². The zero-order chi connectivity index (χ0) is 15.1. The van der Waals surface area contributed by atoms with Gasteiger partial charge >= 0.3 is 0 Å². The summed E-state index contributed by atoms with van der Waals surface area (Å²) < 4.78 is 1.62. The van der Waals surface area contributed by atoms with Gasteiger partial charge < -0.3 is 5.73 Å². The molecule has 0 aliphatic rings. The minimum atomic E-state index is 0.237. The van der Waals surface area contributed by atoms with E-state index < -0.39 is 0 Å². The molecule has 0 aliphatic heterocycles. The molecule has 5 heteroatoms. The van der Waals surface area contributed by atoms with Crippen LogP contribution in [0.25, 0.3) is 0 Å². The summed E-state index contributed by atoms with van der Waals surface area (Å²) >= 11 is 6.15. The molecule has 114 valence electrons. The van der Waals surface area contributed by atoms with Crippen LogP contribution in [0.2, 0.25) is 5.15 Å². The van der Waals surface area contributed by atoms with E-state index in [1.807, 2.05) is 6.92 Å². The molecule has 1 aromatic heterocycles. The van der Waals surface area contributed by atoms with Crippen LogP contribution in [0, 0.1) is 12.8 Å². The van der Waals surface area contributed by atoms with Gasteiger partial charge in [-0.15, -0.1) is 0 Å². The monoisotopic (exact) mass is 299 g/mol. The summed E-state index contributed by atoms with van der Waals surface area (Å²) in [4.78, 5) is 12.1. The third kappa shape index (κ3) is 4.91. The predicted octanol–water partition coefficient (Wildman–Crippen LogP) is 3.04. The van der Waals surface area contributed by atoms with Crippen LogP contribution in [0.3, 0.4) is 0 Å². The fourth-order valence-electron chi connectivity index (χ4n) is 2.60. The number of nitrogens with two attached hydrogens (primary N) is 1. The van der Waals surface area contributed by atoms with Gasteiger partial charge in [-0.1, -0.05) is 31.4 Å². The number of hydrogen-bond donors (Lipinski definition) is 1. The van der Waals surface area contributed by atoms with Crippen molar-refractivity contribution in [1.29, 1.82) is 0 Å². The third-order valence-electron chi connectivity index (χ3n) is 3.75. The number of nitrogens with zero attached hydrogens (tertiary/aromatic N) is 2. The number of rotatable bonds is 9. The lowest BCUT2D eigenvalue weighted by atomic mass is 9.92. The second-order valence-corrected chi connectivity index (χ2v) is 5.82. The fourth-order valence-corrected chi connectivity index (χ4v) is 2.84. The maximum atomic E-state index is 12.1. The second-order valence-electron chi connectivity index (χ2n) is 5.46. The van der Waals surface area contributed by atoms with E-state index in [4.69, 9.17) is 17.3 Å². The highest BCUT2D eigenvalue weighted by Gasteiger charge is 2.16. The smallest absolute Gasteiger partial charge is 0.137 e. The van der Waals surface area contributed by atoms with Gasteiger partial charge in [0.05, 0.1) is 5.69 Å². The first-order chi connectivity index (χ1) is 9.49. The third-order valence-corrected chi connectivity index (χ3v) is 4.22. The average Bonchev–Trinajstić information content (AvgIpc) is 2.63. The number of Topliss-reactive ketones (excluding diaryl/α,β-unsaturated/α-hetero) is 1. The van der Waals surface area contributed by atoms with Gasteiger partial charge in [0.15, 0.2) is 0 Å². The van der Waals surface area contributed by atoms with E-state index in [1.165, 1.54) is 0 Å². The molecule has 0 saturated heterocycles. The first-order valence-electron chi connectivity index (χ1n) is 7.39. The Morgan fingerprint density at radius 2 is 2.10 bits per heavy atom. The van der Waals surface area contributed by atoms with E-state index in [2.05, 4.69) is 12.0 Å². The highest BCUT2D eigenvalue weighted by atomic mass is 35.5. The van der Waals surface area contributed by atoms with Gasteiger partial charge in [-0.3, -0.25) is 9.48 Å². The Labute approximate surface area is 126 Å². The standard InChI is InChI=1S/C15H26ClN3O/c1-4-5-12(8-9-17)6-7-13(20)10-14-11(2)18-19(3)15(14)16/h12H,4-10,17H2,1-3H3. The Kier molecular flexibility index (Phi) is 7.24. The average molecular weight is 300 g/mol. The van der Waals surface area contributed by atoms with Gasteiger partial charge in [0.25, 0.3) is 0 Å². The molecule has 1 rings (SSSR count). The second kappa shape index (κ2) is 8.42. The van der Waals surface area contributed by atoms with Crippen molar-refractivity contribution in [3.8, 4) is 0 Å². The summed E-state index contributed by atoms with van der Waals surface area (Å²) in [6.45, 7) is 4.76. The van der Waals surface area contributed by atoms with E-state index in [-0.39, 0.29) is 5.78 Å². The maximum absolute atomic E-state index is 12.1. The lowest BCUT2D eigenvalue weighted by Crippen LogP contribution is -2.12. The molecule has 0 spiro atoms. The quantitative estimate of drug-likeness (QED) is 0.762. The molecule has 1 heterocycles. The highest BCUT2D eigenvalue weighted by molar-refractivity contribution is 6.30. The molecule has 0 fully saturated rings. The molecule has 0 radical (unpaired) electrons. The molecule has 4 nitrogen and oxygen atoms in total. The molecule has 2 N–H and O–H groups in total. The van der Waals surface area contributed by atoms with Crippen molar-refractivity contribution < 1.29 is 4.79 Å². The number of carbonyl (C=O) groups excluding carboxylic acids is 1. The van der Waals surface area contributed by atoms with Crippen LogP contribution < -0.4 is 5.73 Å². The molecular formula is C15H26ClN3O. The van der Waals surface area contributed by atoms with Crippen LogP contribution in [0.1, 0.15) is 50.3 Å². The Hall–Kier alpha value is -0.870. The van der Waals surface area contributed by atoms with Crippen LogP contribution in [-0.4, -0.2) is 22.1 Å². The van der Waals surface area contributed by atoms with Gasteiger partial charge in [-0.2, -0.15) is 5.10 Å². The number of aromatic nitrogens is 2. The molecule has 0 amide bonds. The van der Waals surface area contributed by atoms with E-state index in [0.29, 0.717) is 30.5 Å². The SMILES string of the molecule is CCCC(CCN)CCC(=O)Cc1c(C)nn(C)c1Cl. The number of carbonyl (C=O) groups is 1. The number of halogens is 1. The summed E-state index contributed by atoms with van der Waals surface area (Å²) in [5.74, 6) is 0.806. The normalized spacial score (nSPS) is 12.7. The predicted molar refractivity (Wildman–Crippen MR) is 83.0 cm³/mol. The minimum Gasteiger partial charge on any atom is -0.330 e. The summed E-state index contributed by atoms with van der Waals surface area (Å²) in [5, 5.41) is 4.81. The Bertz CT molecular complexity index is 437. The van der Waals surface area contributed by atoms with Crippen LogP contribution in [0.5, 0.6) is 0 Å². The first-order valence-corrected chi connectivity index (χ1v) is 7.77. The van der Waals surface area contributed by atoms with Crippen molar-refractivity contribution in [1.82, 2.24) is 9.78 Å². The number of ketones is 1. The van der Waals surface area contributed by atoms with Gasteiger partial charge in [-0.05, 0) is 32.2 Å². The molecule has 1 aromatic rings. The molecule has 0 aromatic carbocycles. The highest BCUT2D eigenvalue weighted by Crippen LogP contribution is 2.22. The Morgan fingerprint density at radius 1 is 1.40 bits per heavy atom. The Morgan fingerprint density at radius 3 is 2.60 bits per heavy atom. The lowest BCUT2D eigenvalue weighted by Gasteiger charge is -2.14. The van der Waals surface area contributed by atoms with Crippen molar-refractivity contribution >= 4 is 17.4 Å². The van der Waals surface area contributed by atoms with Crippen molar-refractivity contribution in [3.63, 3.8) is 0 Å². The van der Waals surface area contributed by atoms with Crippen molar-refractivity contribution in [2.75, 3.05) is 6.54 Å². The zero-order valence-electron chi connectivity index (χ0n) is 12.8. The first kappa shape index (κ1) is 17.2. The van der Waals surface area contributed by atoms with E-state index >= 15 is 0 Å². The van der Waals surface area contributed by atoms with Crippen molar-refractivity contribution in [3.05, 3.63) is 16.4 Å². The molecule has 1 unspecified atom stereocenters. The van der Waals surface area contributed by atoms with Crippen LogP contribution in [-0.2, 0) is 18.3 Å². The molecule has 20 heavy (non-hydrogen) atoms. The summed E-state index contributed by atoms with van der Waals surface area (Å²) in [6, 6.07) is 0. The number of hydrogen-bond acceptors (Lipinski definition) is 3. The number of aryl methyl sites for hydroxylation is 2. The van der Waals surface area contributed by atoms with Gasteiger partial charge in [0.1, 0.15) is 10.9 Å². The fraction of sp³-hybridized carbons (Fsp3) is 0.733. The van der Waals surface area contributed by atoms with Gasteiger partial charge in [-0.25, -0.2) is 0 Å². The summed E-state index contributed by atoms with van der Waals surface area (Å²) in [7, 11) is 1.79. The van der Waals surface area contributed by atoms with Gasteiger partial charge in [0.2, 0.25) is 0 Å². The minimum absolute atomic E-state index is 0.237. The molecular weight excluding hydrogens is 274 g/mol.